The van der Waals surface area contributed by atoms with E-state index in [1.807, 2.05) is 71.0 Å². The van der Waals surface area contributed by atoms with E-state index in [1.165, 1.54) is 0 Å². The van der Waals surface area contributed by atoms with Gasteiger partial charge < -0.3 is 19.5 Å². The fraction of sp³-hybridized carbons (Fsp3) is 0.407. The topological polar surface area (TPSA) is 76.1 Å². The normalized spacial score (nSPS) is 17.7. The predicted molar refractivity (Wildman–Crippen MR) is 129 cm³/mol. The SMILES string of the molecule is CCCN1C(=O)C(=O)/C(=C(/O)c2cc(C(C)C)c(OC)cc2C)C1c1ccc(OCC)cc1. The van der Waals surface area contributed by atoms with Crippen molar-refractivity contribution in [2.45, 2.75) is 53.0 Å². The summed E-state index contributed by atoms with van der Waals surface area (Å²) in [6.07, 6.45) is 0.694. The maximum Gasteiger partial charge on any atom is 0.295 e. The first-order valence-electron chi connectivity index (χ1n) is 11.4. The molecule has 3 rings (SSSR count). The lowest BCUT2D eigenvalue weighted by atomic mass is 9.91. The molecule has 1 fully saturated rings. The molecule has 1 amide bonds. The third-order valence-corrected chi connectivity index (χ3v) is 5.97. The molecule has 1 unspecified atom stereocenters. The molecule has 0 aromatic heterocycles. The zero-order chi connectivity index (χ0) is 24.3. The number of likely N-dealkylation sites (tertiary alicyclic amines) is 1. The molecule has 2 aromatic carbocycles. The molecule has 1 atom stereocenters. The summed E-state index contributed by atoms with van der Waals surface area (Å²) in [5, 5.41) is 11.4. The van der Waals surface area contributed by atoms with Crippen molar-refractivity contribution < 1.29 is 24.2 Å². The largest absolute Gasteiger partial charge is 0.507 e. The third-order valence-electron chi connectivity index (χ3n) is 5.97. The second-order valence-electron chi connectivity index (χ2n) is 8.56. The number of amides is 1. The van der Waals surface area contributed by atoms with Gasteiger partial charge in [-0.15, -0.1) is 0 Å². The van der Waals surface area contributed by atoms with Crippen LogP contribution < -0.4 is 9.47 Å². The lowest BCUT2D eigenvalue weighted by Gasteiger charge is -2.25. The summed E-state index contributed by atoms with van der Waals surface area (Å²) in [6.45, 7) is 10.8. The van der Waals surface area contributed by atoms with Crippen LogP contribution in [0.25, 0.3) is 5.76 Å². The Morgan fingerprint density at radius 2 is 1.79 bits per heavy atom. The Morgan fingerprint density at radius 3 is 2.33 bits per heavy atom. The van der Waals surface area contributed by atoms with Gasteiger partial charge in [-0.05, 0) is 67.1 Å². The van der Waals surface area contributed by atoms with E-state index >= 15 is 0 Å². The highest BCUT2D eigenvalue weighted by Crippen LogP contribution is 2.41. The number of aliphatic hydroxyl groups excluding tert-OH is 1. The van der Waals surface area contributed by atoms with E-state index in [9.17, 15) is 14.7 Å². The summed E-state index contributed by atoms with van der Waals surface area (Å²) in [7, 11) is 1.61. The van der Waals surface area contributed by atoms with E-state index in [2.05, 4.69) is 0 Å². The van der Waals surface area contributed by atoms with Crippen LogP contribution in [-0.4, -0.2) is 42.0 Å². The van der Waals surface area contributed by atoms with Crippen LogP contribution in [0.15, 0.2) is 42.0 Å². The fourth-order valence-electron chi connectivity index (χ4n) is 4.34. The van der Waals surface area contributed by atoms with Gasteiger partial charge in [-0.1, -0.05) is 32.9 Å². The van der Waals surface area contributed by atoms with E-state index in [0.29, 0.717) is 30.9 Å². The van der Waals surface area contributed by atoms with Crippen molar-refractivity contribution in [3.05, 3.63) is 64.2 Å². The summed E-state index contributed by atoms with van der Waals surface area (Å²) in [5.41, 5.74) is 3.08. The molecule has 6 heteroatoms. The predicted octanol–water partition coefficient (Wildman–Crippen LogP) is 5.36. The van der Waals surface area contributed by atoms with Gasteiger partial charge in [0.05, 0.1) is 25.3 Å². The second-order valence-corrected chi connectivity index (χ2v) is 8.56. The van der Waals surface area contributed by atoms with Crippen molar-refractivity contribution in [1.82, 2.24) is 4.90 Å². The van der Waals surface area contributed by atoms with E-state index in [-0.39, 0.29) is 17.3 Å². The second kappa shape index (κ2) is 10.1. The fourth-order valence-corrected chi connectivity index (χ4v) is 4.34. The van der Waals surface area contributed by atoms with Gasteiger partial charge in [0.1, 0.15) is 17.3 Å². The molecule has 0 spiro atoms. The van der Waals surface area contributed by atoms with Gasteiger partial charge in [-0.25, -0.2) is 0 Å². The van der Waals surface area contributed by atoms with Crippen LogP contribution in [0.3, 0.4) is 0 Å². The van der Waals surface area contributed by atoms with Gasteiger partial charge in [0.15, 0.2) is 0 Å². The molecule has 1 aliphatic rings. The van der Waals surface area contributed by atoms with Crippen LogP contribution in [0, 0.1) is 6.92 Å². The number of hydrogen-bond donors (Lipinski definition) is 1. The van der Waals surface area contributed by atoms with Gasteiger partial charge in [-0.3, -0.25) is 9.59 Å². The number of aliphatic hydroxyl groups is 1. The summed E-state index contributed by atoms with van der Waals surface area (Å²) in [5.74, 6) is 0.174. The van der Waals surface area contributed by atoms with Crippen molar-refractivity contribution in [3.63, 3.8) is 0 Å². The van der Waals surface area contributed by atoms with E-state index < -0.39 is 17.7 Å². The Morgan fingerprint density at radius 1 is 1.12 bits per heavy atom. The summed E-state index contributed by atoms with van der Waals surface area (Å²) < 4.78 is 11.1. The number of ether oxygens (including phenoxy) is 2. The number of hydrogen-bond acceptors (Lipinski definition) is 5. The van der Waals surface area contributed by atoms with Gasteiger partial charge in [0.25, 0.3) is 11.7 Å². The number of carbonyl (C=O) groups is 2. The van der Waals surface area contributed by atoms with E-state index in [4.69, 9.17) is 9.47 Å². The molecule has 1 aliphatic heterocycles. The Labute approximate surface area is 195 Å². The lowest BCUT2D eigenvalue weighted by Crippen LogP contribution is -2.30. The average molecular weight is 452 g/mol. The van der Waals surface area contributed by atoms with Crippen molar-refractivity contribution in [2.75, 3.05) is 20.3 Å². The number of Topliss-reactive ketones (excluding diaryl/α,β-unsaturated/α-hetero) is 1. The first kappa shape index (κ1) is 24.4. The molecule has 1 N–H and O–H groups in total. The zero-order valence-electron chi connectivity index (χ0n) is 20.3. The molecule has 2 aromatic rings. The molecular formula is C27H33NO5. The molecule has 0 bridgehead atoms. The minimum atomic E-state index is -0.666. The summed E-state index contributed by atoms with van der Waals surface area (Å²) >= 11 is 0. The lowest BCUT2D eigenvalue weighted by molar-refractivity contribution is -0.139. The number of benzene rings is 2. The summed E-state index contributed by atoms with van der Waals surface area (Å²) in [6, 6.07) is 10.4. The number of methoxy groups -OCH3 is 1. The van der Waals surface area contributed by atoms with Gasteiger partial charge in [0.2, 0.25) is 0 Å². The quantitative estimate of drug-likeness (QED) is 0.332. The monoisotopic (exact) mass is 451 g/mol. The standard InChI is InChI=1S/C27H33NO5/c1-7-13-28-24(18-9-11-19(12-10-18)33-8-2)23(26(30)27(28)31)25(29)21-15-20(16(3)4)22(32-6)14-17(21)5/h9-12,14-16,24,29H,7-8,13H2,1-6H3/b25-23+. The Bertz CT molecular complexity index is 1070. The van der Waals surface area contributed by atoms with Gasteiger partial charge >= 0.3 is 0 Å². The van der Waals surface area contributed by atoms with Gasteiger partial charge in [-0.2, -0.15) is 0 Å². The first-order chi connectivity index (χ1) is 15.7. The average Bonchev–Trinajstić information content (AvgIpc) is 3.04. The maximum atomic E-state index is 13.2. The number of ketones is 1. The highest BCUT2D eigenvalue weighted by atomic mass is 16.5. The summed E-state index contributed by atoms with van der Waals surface area (Å²) in [4.78, 5) is 27.6. The number of nitrogens with zero attached hydrogens (tertiary/aromatic N) is 1. The molecule has 176 valence electrons. The molecular weight excluding hydrogens is 418 g/mol. The van der Waals surface area contributed by atoms with Crippen LogP contribution in [0.2, 0.25) is 0 Å². The van der Waals surface area contributed by atoms with Crippen LogP contribution in [-0.2, 0) is 9.59 Å². The Balaban J connectivity index is 2.21. The number of rotatable bonds is 8. The number of aryl methyl sites for hydroxylation is 1. The zero-order valence-corrected chi connectivity index (χ0v) is 20.3. The number of carbonyl (C=O) groups excluding carboxylic acids is 2. The smallest absolute Gasteiger partial charge is 0.295 e. The van der Waals surface area contributed by atoms with E-state index in [1.54, 1.807) is 12.0 Å². The van der Waals surface area contributed by atoms with Crippen molar-refractivity contribution in [1.29, 1.82) is 0 Å². The Hall–Kier alpha value is -3.28. The Kier molecular flexibility index (Phi) is 7.46. The minimum Gasteiger partial charge on any atom is -0.507 e. The van der Waals surface area contributed by atoms with Gasteiger partial charge in [0, 0.05) is 12.1 Å². The molecule has 6 nitrogen and oxygen atoms in total. The van der Waals surface area contributed by atoms with Crippen molar-refractivity contribution in [3.8, 4) is 11.5 Å². The highest BCUT2D eigenvalue weighted by Gasteiger charge is 2.45. The van der Waals surface area contributed by atoms with Crippen LogP contribution in [0.4, 0.5) is 0 Å². The van der Waals surface area contributed by atoms with E-state index in [0.717, 1.165) is 22.4 Å². The highest BCUT2D eigenvalue weighted by molar-refractivity contribution is 6.46. The molecule has 1 saturated heterocycles. The van der Waals surface area contributed by atoms with Crippen LogP contribution in [0.5, 0.6) is 11.5 Å². The molecule has 1 heterocycles. The molecule has 0 radical (unpaired) electrons. The maximum absolute atomic E-state index is 13.2. The van der Waals surface area contributed by atoms with Crippen molar-refractivity contribution >= 4 is 17.4 Å². The van der Waals surface area contributed by atoms with Crippen molar-refractivity contribution in [2.24, 2.45) is 0 Å². The van der Waals surface area contributed by atoms with Crippen LogP contribution >= 0.6 is 0 Å². The first-order valence-corrected chi connectivity index (χ1v) is 11.4. The third kappa shape index (κ3) is 4.61. The molecule has 0 aliphatic carbocycles. The molecule has 0 saturated carbocycles. The van der Waals surface area contributed by atoms with Crippen LogP contribution in [0.1, 0.15) is 68.3 Å². The minimum absolute atomic E-state index is 0.112. The molecule has 33 heavy (non-hydrogen) atoms.